The Morgan fingerprint density at radius 3 is 2.62 bits per heavy atom. The van der Waals surface area contributed by atoms with Gasteiger partial charge < -0.3 is 9.64 Å². The molecule has 0 unspecified atom stereocenters. The van der Waals surface area contributed by atoms with Gasteiger partial charge in [0.2, 0.25) is 5.88 Å². The molecule has 0 saturated heterocycles. The van der Waals surface area contributed by atoms with Crippen molar-refractivity contribution in [1.29, 1.82) is 0 Å². The minimum atomic E-state index is 0.624. The summed E-state index contributed by atoms with van der Waals surface area (Å²) in [7, 11) is 1.66. The van der Waals surface area contributed by atoms with Gasteiger partial charge in [-0.3, -0.25) is 4.98 Å². The Kier molecular flexibility index (Phi) is 4.75. The zero-order valence-electron chi connectivity index (χ0n) is 14.8. The molecule has 26 heavy (non-hydrogen) atoms. The van der Waals surface area contributed by atoms with Crippen LogP contribution in [-0.4, -0.2) is 34.9 Å². The fourth-order valence-corrected chi connectivity index (χ4v) is 3.58. The summed E-state index contributed by atoms with van der Waals surface area (Å²) in [5.74, 6) is 1.26. The molecule has 6 heteroatoms. The van der Waals surface area contributed by atoms with E-state index in [4.69, 9.17) is 9.72 Å². The van der Waals surface area contributed by atoms with Crippen LogP contribution in [0, 0.1) is 0 Å². The van der Waals surface area contributed by atoms with Gasteiger partial charge in [0.25, 0.3) is 0 Å². The molecule has 1 aromatic carbocycles. The number of ether oxygens (including phenoxy) is 1. The highest BCUT2D eigenvalue weighted by molar-refractivity contribution is 7.98. The lowest BCUT2D eigenvalue weighted by Gasteiger charge is -2.31. The molecule has 1 aliphatic heterocycles. The van der Waals surface area contributed by atoms with E-state index in [9.17, 15) is 0 Å². The Morgan fingerprint density at radius 2 is 1.92 bits per heavy atom. The summed E-state index contributed by atoms with van der Waals surface area (Å²) in [6.07, 6.45) is 4.70. The Hall–Kier alpha value is -2.60. The molecule has 3 aromatic rings. The maximum Gasteiger partial charge on any atom is 0.222 e. The van der Waals surface area contributed by atoms with Crippen molar-refractivity contribution in [2.75, 3.05) is 24.8 Å². The molecule has 0 amide bonds. The van der Waals surface area contributed by atoms with Crippen LogP contribution in [0.2, 0.25) is 0 Å². The first-order valence-electron chi connectivity index (χ1n) is 8.52. The highest BCUT2D eigenvalue weighted by atomic mass is 32.2. The number of anilines is 1. The molecule has 0 aliphatic carbocycles. The summed E-state index contributed by atoms with van der Waals surface area (Å²) in [6, 6.07) is 14.4. The number of methoxy groups -OCH3 is 1. The Balaban J connectivity index is 1.66. The van der Waals surface area contributed by atoms with Crippen molar-refractivity contribution in [3.63, 3.8) is 0 Å². The van der Waals surface area contributed by atoms with Crippen molar-refractivity contribution < 1.29 is 4.74 Å². The largest absolute Gasteiger partial charge is 0.481 e. The topological polar surface area (TPSA) is 51.1 Å². The fraction of sp³-hybridized carbons (Fsp3) is 0.250. The number of pyridine rings is 1. The molecule has 0 fully saturated rings. The highest BCUT2D eigenvalue weighted by Gasteiger charge is 2.24. The van der Waals surface area contributed by atoms with Gasteiger partial charge in [0, 0.05) is 29.7 Å². The van der Waals surface area contributed by atoms with Gasteiger partial charge in [-0.05, 0) is 42.7 Å². The smallest absolute Gasteiger partial charge is 0.222 e. The van der Waals surface area contributed by atoms with Crippen LogP contribution in [0.25, 0.3) is 11.5 Å². The number of aromatic nitrogens is 3. The molecular weight excluding hydrogens is 344 g/mol. The zero-order chi connectivity index (χ0) is 17.9. The van der Waals surface area contributed by atoms with E-state index in [1.807, 2.05) is 18.2 Å². The molecule has 0 atom stereocenters. The zero-order valence-corrected chi connectivity index (χ0v) is 15.7. The maximum absolute atomic E-state index is 5.59. The van der Waals surface area contributed by atoms with Crippen molar-refractivity contribution in [1.82, 2.24) is 15.0 Å². The summed E-state index contributed by atoms with van der Waals surface area (Å²) >= 11 is 1.75. The first-order chi connectivity index (χ1) is 12.8. The predicted molar refractivity (Wildman–Crippen MR) is 105 cm³/mol. The van der Waals surface area contributed by atoms with Crippen LogP contribution < -0.4 is 9.64 Å². The second kappa shape index (κ2) is 7.33. The van der Waals surface area contributed by atoms with Crippen LogP contribution in [0.1, 0.15) is 11.3 Å². The lowest BCUT2D eigenvalue weighted by atomic mass is 10.1. The van der Waals surface area contributed by atoms with E-state index in [-0.39, 0.29) is 0 Å². The SMILES string of the molecule is COc1nc(-c2ccccn2)nc2c1CN(c1ccc(SC)cc1)CC2. The molecule has 1 aliphatic rings. The summed E-state index contributed by atoms with van der Waals surface area (Å²) in [4.78, 5) is 17.3. The predicted octanol–water partition coefficient (Wildman–Crippen LogP) is 3.83. The number of rotatable bonds is 4. The molecule has 0 N–H and O–H groups in total. The number of fused-ring (bicyclic) bond motifs is 1. The van der Waals surface area contributed by atoms with E-state index in [1.165, 1.54) is 10.6 Å². The van der Waals surface area contributed by atoms with Crippen molar-refractivity contribution >= 4 is 17.4 Å². The minimum Gasteiger partial charge on any atom is -0.481 e. The van der Waals surface area contributed by atoms with E-state index >= 15 is 0 Å². The third kappa shape index (κ3) is 3.24. The third-order valence-corrected chi connectivity index (χ3v) is 5.29. The van der Waals surface area contributed by atoms with Gasteiger partial charge in [0.15, 0.2) is 5.82 Å². The maximum atomic E-state index is 5.59. The summed E-state index contributed by atoms with van der Waals surface area (Å²) in [5, 5.41) is 0. The Morgan fingerprint density at radius 1 is 1.08 bits per heavy atom. The fourth-order valence-electron chi connectivity index (χ4n) is 3.18. The summed E-state index contributed by atoms with van der Waals surface area (Å²) in [5.41, 5.74) is 4.09. The molecule has 0 spiro atoms. The van der Waals surface area contributed by atoms with Gasteiger partial charge in [0.1, 0.15) is 5.69 Å². The monoisotopic (exact) mass is 364 g/mol. The van der Waals surface area contributed by atoms with E-state index < -0.39 is 0 Å². The van der Waals surface area contributed by atoms with Gasteiger partial charge in [0.05, 0.1) is 24.9 Å². The third-order valence-electron chi connectivity index (χ3n) is 4.55. The molecule has 2 aromatic heterocycles. The second-order valence-electron chi connectivity index (χ2n) is 6.07. The Bertz CT molecular complexity index is 882. The number of nitrogens with zero attached hydrogens (tertiary/aromatic N) is 4. The molecule has 0 bridgehead atoms. The van der Waals surface area contributed by atoms with Crippen LogP contribution in [0.3, 0.4) is 0 Å². The van der Waals surface area contributed by atoms with Crippen LogP contribution >= 0.6 is 11.8 Å². The average molecular weight is 364 g/mol. The molecule has 3 heterocycles. The lowest BCUT2D eigenvalue weighted by molar-refractivity contribution is 0.388. The molecule has 4 rings (SSSR count). The molecular formula is C20H20N4OS. The first-order valence-corrected chi connectivity index (χ1v) is 9.75. The van der Waals surface area contributed by atoms with E-state index in [0.29, 0.717) is 11.7 Å². The summed E-state index contributed by atoms with van der Waals surface area (Å²) < 4.78 is 5.59. The standard InChI is InChI=1S/C20H20N4OS/c1-25-20-16-13-24(14-6-8-15(26-2)9-7-14)12-10-17(16)22-19(23-20)18-5-3-4-11-21-18/h3-9,11H,10,12-13H2,1-2H3. The quantitative estimate of drug-likeness (QED) is 0.656. The van der Waals surface area contributed by atoms with Gasteiger partial charge in [-0.2, -0.15) is 4.98 Å². The van der Waals surface area contributed by atoms with E-state index in [1.54, 1.807) is 25.1 Å². The van der Waals surface area contributed by atoms with Crippen LogP contribution in [-0.2, 0) is 13.0 Å². The second-order valence-corrected chi connectivity index (χ2v) is 6.95. The van der Waals surface area contributed by atoms with Crippen molar-refractivity contribution in [2.45, 2.75) is 17.9 Å². The van der Waals surface area contributed by atoms with Crippen molar-refractivity contribution in [2.24, 2.45) is 0 Å². The van der Waals surface area contributed by atoms with Gasteiger partial charge in [-0.1, -0.05) is 6.07 Å². The molecule has 0 radical (unpaired) electrons. The van der Waals surface area contributed by atoms with Gasteiger partial charge in [-0.25, -0.2) is 4.98 Å². The van der Waals surface area contributed by atoms with Crippen LogP contribution in [0.5, 0.6) is 5.88 Å². The van der Waals surface area contributed by atoms with Crippen LogP contribution in [0.15, 0.2) is 53.6 Å². The normalized spacial score (nSPS) is 13.4. The van der Waals surface area contributed by atoms with E-state index in [2.05, 4.69) is 45.4 Å². The van der Waals surface area contributed by atoms with Gasteiger partial charge >= 0.3 is 0 Å². The number of benzene rings is 1. The molecule has 0 saturated carbocycles. The first kappa shape index (κ1) is 16.8. The van der Waals surface area contributed by atoms with Crippen molar-refractivity contribution in [3.8, 4) is 17.4 Å². The summed E-state index contributed by atoms with van der Waals surface area (Å²) in [6.45, 7) is 1.67. The lowest BCUT2D eigenvalue weighted by Crippen LogP contribution is -2.31. The number of hydrogen-bond acceptors (Lipinski definition) is 6. The van der Waals surface area contributed by atoms with Crippen LogP contribution in [0.4, 0.5) is 5.69 Å². The minimum absolute atomic E-state index is 0.624. The average Bonchev–Trinajstić information content (AvgIpc) is 2.73. The highest BCUT2D eigenvalue weighted by Crippen LogP contribution is 2.31. The number of hydrogen-bond donors (Lipinski definition) is 0. The van der Waals surface area contributed by atoms with E-state index in [0.717, 1.165) is 36.5 Å². The Labute approximate surface area is 157 Å². The molecule has 132 valence electrons. The van der Waals surface area contributed by atoms with Gasteiger partial charge in [-0.15, -0.1) is 11.8 Å². The van der Waals surface area contributed by atoms with Crippen molar-refractivity contribution in [3.05, 3.63) is 59.9 Å². The number of thioether (sulfide) groups is 1. The molecule has 5 nitrogen and oxygen atoms in total.